The molecule has 0 aromatic heterocycles. The van der Waals surface area contributed by atoms with E-state index in [-0.39, 0.29) is 24.3 Å². The Morgan fingerprint density at radius 2 is 1.00 bits per heavy atom. The zero-order chi connectivity index (χ0) is 22.8. The third-order valence-electron chi connectivity index (χ3n) is 6.24. The third kappa shape index (κ3) is 6.17. The van der Waals surface area contributed by atoms with Crippen LogP contribution in [0.1, 0.15) is 75.6 Å². The lowest BCUT2D eigenvalue weighted by Crippen LogP contribution is -2.51. The van der Waals surface area contributed by atoms with Crippen LogP contribution in [0.4, 0.5) is 0 Å². The van der Waals surface area contributed by atoms with E-state index in [4.69, 9.17) is 20.9 Å². The first-order chi connectivity index (χ1) is 14.6. The van der Waals surface area contributed by atoms with Crippen molar-refractivity contribution in [2.75, 3.05) is 0 Å². The molecule has 4 N–H and O–H groups in total. The second-order valence-corrected chi connectivity index (χ2v) is 10.1. The highest BCUT2D eigenvalue weighted by atomic mass is 16.8. The van der Waals surface area contributed by atoms with Gasteiger partial charge in [-0.25, -0.2) is 0 Å². The largest absolute Gasteiger partial charge is 0.343 e. The summed E-state index contributed by atoms with van der Waals surface area (Å²) >= 11 is 0. The van der Waals surface area contributed by atoms with Crippen molar-refractivity contribution >= 4 is 0 Å². The molecule has 1 aliphatic rings. The summed E-state index contributed by atoms with van der Waals surface area (Å²) in [5.41, 5.74) is 18.4. The van der Waals surface area contributed by atoms with Crippen molar-refractivity contribution in [3.63, 3.8) is 0 Å². The van der Waals surface area contributed by atoms with Gasteiger partial charge in [-0.1, -0.05) is 76.2 Å². The minimum Gasteiger partial charge on any atom is -0.343 e. The molecule has 4 heteroatoms. The molecule has 2 aromatic carbocycles. The van der Waals surface area contributed by atoms with Crippen LogP contribution in [-0.2, 0) is 22.3 Å². The Hall–Kier alpha value is -1.72. The fourth-order valence-electron chi connectivity index (χ4n) is 4.33. The van der Waals surface area contributed by atoms with E-state index in [2.05, 4.69) is 76.2 Å². The van der Waals surface area contributed by atoms with Crippen LogP contribution in [0.2, 0.25) is 0 Å². The Balaban J connectivity index is 1.69. The molecule has 0 radical (unpaired) electrons. The van der Waals surface area contributed by atoms with Crippen molar-refractivity contribution in [3.05, 3.63) is 70.8 Å². The van der Waals surface area contributed by atoms with Gasteiger partial charge in [-0.05, 0) is 60.8 Å². The summed E-state index contributed by atoms with van der Waals surface area (Å²) in [6.45, 7) is 12.7. The van der Waals surface area contributed by atoms with E-state index in [1.807, 2.05) is 13.8 Å². The average Bonchev–Trinajstić information content (AvgIpc) is 3.04. The third-order valence-corrected chi connectivity index (χ3v) is 6.24. The molecule has 4 atom stereocenters. The second kappa shape index (κ2) is 9.83. The molecule has 0 amide bonds. The standard InChI is InChI=1S/C27H40N2O2/c1-17(2)21-11-7-19(8-12-21)15-23(28)25-26(31-27(5,6)30-25)24(29)16-20-9-13-22(14-10-20)18(3)4/h7-14,17-18,23-26H,15-16,28-29H2,1-6H3/t23-,24-,25+,26+/m1/s1. The highest BCUT2D eigenvalue weighted by Crippen LogP contribution is 2.32. The van der Waals surface area contributed by atoms with Crippen LogP contribution in [0.25, 0.3) is 0 Å². The van der Waals surface area contributed by atoms with Crippen LogP contribution in [0.15, 0.2) is 48.5 Å². The number of hydrogen-bond acceptors (Lipinski definition) is 4. The number of nitrogens with two attached hydrogens (primary N) is 2. The van der Waals surface area contributed by atoms with Gasteiger partial charge in [0, 0.05) is 12.1 Å². The van der Waals surface area contributed by atoms with Crippen LogP contribution >= 0.6 is 0 Å². The van der Waals surface area contributed by atoms with Crippen molar-refractivity contribution in [1.29, 1.82) is 0 Å². The van der Waals surface area contributed by atoms with Crippen LogP contribution < -0.4 is 11.5 Å². The first kappa shape index (κ1) is 23.9. The molecule has 1 fully saturated rings. The van der Waals surface area contributed by atoms with E-state index in [0.29, 0.717) is 11.8 Å². The van der Waals surface area contributed by atoms with E-state index in [9.17, 15) is 0 Å². The Bertz CT molecular complexity index is 758. The molecule has 1 heterocycles. The monoisotopic (exact) mass is 424 g/mol. The number of hydrogen-bond donors (Lipinski definition) is 2. The zero-order valence-electron chi connectivity index (χ0n) is 20.0. The van der Waals surface area contributed by atoms with Gasteiger partial charge in [-0.2, -0.15) is 0 Å². The molecule has 31 heavy (non-hydrogen) atoms. The first-order valence-corrected chi connectivity index (χ1v) is 11.6. The molecule has 0 saturated carbocycles. The predicted octanol–water partition coefficient (Wildman–Crippen LogP) is 4.89. The molecular weight excluding hydrogens is 384 g/mol. The van der Waals surface area contributed by atoms with Gasteiger partial charge in [0.1, 0.15) is 12.2 Å². The van der Waals surface area contributed by atoms with Crippen molar-refractivity contribution in [1.82, 2.24) is 0 Å². The first-order valence-electron chi connectivity index (χ1n) is 11.6. The molecule has 0 aliphatic carbocycles. The maximum atomic E-state index is 6.64. The van der Waals surface area contributed by atoms with Gasteiger partial charge >= 0.3 is 0 Å². The smallest absolute Gasteiger partial charge is 0.163 e. The predicted molar refractivity (Wildman–Crippen MR) is 128 cm³/mol. The molecule has 4 nitrogen and oxygen atoms in total. The molecular formula is C27H40N2O2. The highest BCUT2D eigenvalue weighted by Gasteiger charge is 2.46. The zero-order valence-corrected chi connectivity index (χ0v) is 20.0. The van der Waals surface area contributed by atoms with Gasteiger partial charge in [0.05, 0.1) is 0 Å². The molecule has 2 aromatic rings. The van der Waals surface area contributed by atoms with Crippen LogP contribution in [0.5, 0.6) is 0 Å². The molecule has 0 bridgehead atoms. The number of ether oxygens (including phenoxy) is 2. The quantitative estimate of drug-likeness (QED) is 0.633. The van der Waals surface area contributed by atoms with Crippen molar-refractivity contribution in [2.24, 2.45) is 11.5 Å². The minimum absolute atomic E-state index is 0.189. The SMILES string of the molecule is CC(C)c1ccc(C[C@@H](N)[C@@H]2OC(C)(C)O[C@H]2[C@H](N)Cc2ccc(C(C)C)cc2)cc1. The van der Waals surface area contributed by atoms with E-state index < -0.39 is 5.79 Å². The summed E-state index contributed by atoms with van der Waals surface area (Å²) < 4.78 is 12.5. The van der Waals surface area contributed by atoms with E-state index in [1.54, 1.807) is 0 Å². The van der Waals surface area contributed by atoms with Gasteiger partial charge < -0.3 is 20.9 Å². The van der Waals surface area contributed by atoms with Gasteiger partial charge in [0.15, 0.2) is 5.79 Å². The maximum Gasteiger partial charge on any atom is 0.163 e. The Labute approximate surface area is 188 Å². The number of benzene rings is 2. The molecule has 1 saturated heterocycles. The van der Waals surface area contributed by atoms with Crippen LogP contribution in [-0.4, -0.2) is 30.1 Å². The fourth-order valence-corrected chi connectivity index (χ4v) is 4.33. The lowest BCUT2D eigenvalue weighted by Gasteiger charge is -2.27. The van der Waals surface area contributed by atoms with Gasteiger partial charge in [-0.3, -0.25) is 0 Å². The lowest BCUT2D eigenvalue weighted by atomic mass is 9.91. The van der Waals surface area contributed by atoms with E-state index in [0.717, 1.165) is 12.8 Å². The highest BCUT2D eigenvalue weighted by molar-refractivity contribution is 5.27. The van der Waals surface area contributed by atoms with Crippen LogP contribution in [0.3, 0.4) is 0 Å². The Kier molecular flexibility index (Phi) is 7.59. The summed E-state index contributed by atoms with van der Waals surface area (Å²) in [7, 11) is 0. The van der Waals surface area contributed by atoms with Gasteiger partial charge in [0.25, 0.3) is 0 Å². The maximum absolute atomic E-state index is 6.64. The molecule has 1 aliphatic heterocycles. The van der Waals surface area contributed by atoms with E-state index in [1.165, 1.54) is 22.3 Å². The van der Waals surface area contributed by atoms with Gasteiger partial charge in [-0.15, -0.1) is 0 Å². The number of rotatable bonds is 8. The molecule has 3 rings (SSSR count). The fraction of sp³-hybridized carbons (Fsp3) is 0.556. The summed E-state index contributed by atoms with van der Waals surface area (Å²) in [5, 5.41) is 0. The van der Waals surface area contributed by atoms with Crippen LogP contribution in [0, 0.1) is 0 Å². The van der Waals surface area contributed by atoms with Gasteiger partial charge in [0.2, 0.25) is 0 Å². The lowest BCUT2D eigenvalue weighted by molar-refractivity contribution is -0.149. The van der Waals surface area contributed by atoms with Crippen molar-refractivity contribution in [2.45, 2.75) is 96.3 Å². The second-order valence-electron chi connectivity index (χ2n) is 10.1. The van der Waals surface area contributed by atoms with Crippen molar-refractivity contribution < 1.29 is 9.47 Å². The molecule has 0 unspecified atom stereocenters. The van der Waals surface area contributed by atoms with E-state index >= 15 is 0 Å². The average molecular weight is 425 g/mol. The normalized spacial score (nSPS) is 22.8. The summed E-state index contributed by atoms with van der Waals surface area (Å²) in [5.74, 6) is 0.354. The summed E-state index contributed by atoms with van der Waals surface area (Å²) in [6.07, 6.45) is 0.971. The molecule has 0 spiro atoms. The van der Waals surface area contributed by atoms with Crippen molar-refractivity contribution in [3.8, 4) is 0 Å². The Morgan fingerprint density at radius 3 is 1.29 bits per heavy atom. The molecule has 170 valence electrons. The topological polar surface area (TPSA) is 70.5 Å². The minimum atomic E-state index is -0.687. The summed E-state index contributed by atoms with van der Waals surface area (Å²) in [6, 6.07) is 17.0. The summed E-state index contributed by atoms with van der Waals surface area (Å²) in [4.78, 5) is 0. The Morgan fingerprint density at radius 1 is 0.677 bits per heavy atom.